The number of aromatic nitrogens is 1. The Hall–Kier alpha value is -3.37. The molecule has 0 bridgehead atoms. The molecule has 1 saturated heterocycles. The average molecular weight is 495 g/mol. The lowest BCUT2D eigenvalue weighted by molar-refractivity contribution is -0.144. The molecule has 2 aliphatic rings. The lowest BCUT2D eigenvalue weighted by Crippen LogP contribution is -2.61. The first kappa shape index (κ1) is 24.7. The van der Waals surface area contributed by atoms with Gasteiger partial charge >= 0.3 is 12.2 Å². The van der Waals surface area contributed by atoms with Crippen LogP contribution in [-0.2, 0) is 18.3 Å². The van der Waals surface area contributed by atoms with E-state index in [0.717, 1.165) is 6.07 Å². The van der Waals surface area contributed by atoms with E-state index in [0.29, 0.717) is 5.69 Å². The Labute approximate surface area is 201 Å². The van der Waals surface area contributed by atoms with E-state index in [1.807, 2.05) is 13.8 Å². The molecule has 0 unspecified atom stereocenters. The second kappa shape index (κ2) is 9.01. The largest absolute Gasteiger partial charge is 0.504 e. The number of ether oxygens (including phenoxy) is 1. The van der Waals surface area contributed by atoms with E-state index in [9.17, 15) is 27.9 Å². The molecular formula is C24H29F3N4O4. The molecule has 1 fully saturated rings. The molecule has 11 heteroatoms. The van der Waals surface area contributed by atoms with Gasteiger partial charge in [0.05, 0.1) is 11.6 Å². The molecular weight excluding hydrogens is 465 g/mol. The molecule has 0 atom stereocenters. The van der Waals surface area contributed by atoms with Crippen LogP contribution in [0.25, 0.3) is 0 Å². The number of hydrogen-bond acceptors (Lipinski definition) is 4. The van der Waals surface area contributed by atoms with Crippen molar-refractivity contribution in [2.24, 2.45) is 0 Å². The van der Waals surface area contributed by atoms with Crippen LogP contribution in [0.3, 0.4) is 0 Å². The van der Waals surface area contributed by atoms with Crippen molar-refractivity contribution >= 4 is 11.9 Å². The Morgan fingerprint density at radius 1 is 1.09 bits per heavy atom. The predicted octanol–water partition coefficient (Wildman–Crippen LogP) is 3.79. The number of amides is 3. The number of nitrogens with one attached hydrogen (secondary N) is 1. The summed E-state index contributed by atoms with van der Waals surface area (Å²) < 4.78 is 47.5. The zero-order valence-electron chi connectivity index (χ0n) is 19.9. The highest BCUT2D eigenvalue weighted by molar-refractivity contribution is 5.95. The van der Waals surface area contributed by atoms with Gasteiger partial charge in [0.1, 0.15) is 5.69 Å². The quantitative estimate of drug-likeness (QED) is 0.680. The number of phenols is 1. The molecule has 0 saturated carbocycles. The predicted molar refractivity (Wildman–Crippen MR) is 121 cm³/mol. The first-order valence-corrected chi connectivity index (χ1v) is 11.5. The van der Waals surface area contributed by atoms with Crippen molar-refractivity contribution in [3.8, 4) is 11.5 Å². The summed E-state index contributed by atoms with van der Waals surface area (Å²) in [4.78, 5) is 29.0. The van der Waals surface area contributed by atoms with Crippen LogP contribution in [0.2, 0.25) is 0 Å². The Morgan fingerprint density at radius 2 is 1.77 bits per heavy atom. The highest BCUT2D eigenvalue weighted by atomic mass is 19.4. The fraction of sp³-hybridized carbons (Fsp3) is 0.500. The summed E-state index contributed by atoms with van der Waals surface area (Å²) in [6.07, 6.45) is -4.07. The highest BCUT2D eigenvalue weighted by Gasteiger charge is 2.50. The summed E-state index contributed by atoms with van der Waals surface area (Å²) in [5, 5.41) is 12.8. The molecule has 1 aromatic carbocycles. The molecule has 35 heavy (non-hydrogen) atoms. The van der Waals surface area contributed by atoms with Gasteiger partial charge in [0.2, 0.25) is 0 Å². The maximum absolute atomic E-state index is 13.6. The second-order valence-corrected chi connectivity index (χ2v) is 9.13. The third kappa shape index (κ3) is 4.39. The third-order valence-corrected chi connectivity index (χ3v) is 6.72. The van der Waals surface area contributed by atoms with E-state index in [-0.39, 0.29) is 74.1 Å². The molecule has 0 aliphatic carbocycles. The molecule has 2 N–H and O–H groups in total. The zero-order valence-corrected chi connectivity index (χ0v) is 19.9. The summed E-state index contributed by atoms with van der Waals surface area (Å²) in [6.45, 7) is 4.30. The smallest absolute Gasteiger partial charge is 0.431 e. The van der Waals surface area contributed by atoms with Crippen LogP contribution in [0.1, 0.15) is 48.4 Å². The maximum Gasteiger partial charge on any atom is 0.431 e. The molecule has 1 aromatic heterocycles. The molecule has 3 amide bonds. The normalized spacial score (nSPS) is 17.5. The summed E-state index contributed by atoms with van der Waals surface area (Å²) in [5.41, 5.74) is -0.986. The Bertz CT molecular complexity index is 1120. The van der Waals surface area contributed by atoms with E-state index in [1.54, 1.807) is 15.9 Å². The SMILES string of the molecule is CNC(=O)N1CCn2c(C(F)(F)F)ccc2C12CCN(C(=O)c1ccc(OC(C)C)c(O)c1)CC2. The Kier molecular flexibility index (Phi) is 6.37. The van der Waals surface area contributed by atoms with Crippen molar-refractivity contribution in [1.82, 2.24) is 19.7 Å². The summed E-state index contributed by atoms with van der Waals surface area (Å²) in [5.74, 6) is -0.174. The topological polar surface area (TPSA) is 87.0 Å². The standard InChI is InChI=1S/C24H29F3N4O4/c1-15(2)35-18-5-4-16(14-17(18)32)21(33)29-10-8-23(9-11-29)19-6-7-20(24(25,26)27)30(19)12-13-31(23)22(34)28-3/h4-7,14-15,32H,8-13H2,1-3H3,(H,28,34). The Morgan fingerprint density at radius 3 is 2.34 bits per heavy atom. The van der Waals surface area contributed by atoms with Crippen LogP contribution < -0.4 is 10.1 Å². The number of hydrogen-bond donors (Lipinski definition) is 2. The number of piperidine rings is 1. The van der Waals surface area contributed by atoms with Crippen LogP contribution >= 0.6 is 0 Å². The van der Waals surface area contributed by atoms with Crippen LogP contribution in [0.5, 0.6) is 11.5 Å². The number of nitrogens with zero attached hydrogens (tertiary/aromatic N) is 3. The number of halogens is 3. The number of benzene rings is 1. The van der Waals surface area contributed by atoms with Crippen molar-refractivity contribution in [1.29, 1.82) is 0 Å². The zero-order chi connectivity index (χ0) is 25.5. The molecule has 0 radical (unpaired) electrons. The van der Waals surface area contributed by atoms with Crippen molar-refractivity contribution in [3.05, 3.63) is 47.3 Å². The van der Waals surface area contributed by atoms with Crippen molar-refractivity contribution in [2.45, 2.75) is 51.1 Å². The van der Waals surface area contributed by atoms with Crippen LogP contribution in [0.15, 0.2) is 30.3 Å². The van der Waals surface area contributed by atoms with E-state index in [4.69, 9.17) is 4.74 Å². The molecule has 4 rings (SSSR count). The molecule has 2 aliphatic heterocycles. The molecule has 190 valence electrons. The first-order chi connectivity index (χ1) is 16.5. The number of carbonyl (C=O) groups excluding carboxylic acids is 2. The van der Waals surface area contributed by atoms with Gasteiger partial charge < -0.3 is 29.5 Å². The van der Waals surface area contributed by atoms with Gasteiger partial charge in [-0.05, 0) is 57.0 Å². The molecule has 2 aromatic rings. The van der Waals surface area contributed by atoms with Gasteiger partial charge in [0.15, 0.2) is 11.5 Å². The number of alkyl halides is 3. The fourth-order valence-electron chi connectivity index (χ4n) is 5.14. The number of rotatable bonds is 3. The Balaban J connectivity index is 1.59. The number of phenolic OH excluding ortho intramolecular Hbond substituents is 1. The monoisotopic (exact) mass is 494 g/mol. The van der Waals surface area contributed by atoms with Crippen LogP contribution in [0, 0.1) is 0 Å². The lowest BCUT2D eigenvalue weighted by atomic mass is 9.81. The van der Waals surface area contributed by atoms with E-state index < -0.39 is 17.4 Å². The maximum atomic E-state index is 13.6. The van der Waals surface area contributed by atoms with Gasteiger partial charge in [-0.25, -0.2) is 4.79 Å². The highest BCUT2D eigenvalue weighted by Crippen LogP contribution is 2.45. The second-order valence-electron chi connectivity index (χ2n) is 9.13. The summed E-state index contributed by atoms with van der Waals surface area (Å²) >= 11 is 0. The van der Waals surface area contributed by atoms with Crippen molar-refractivity contribution in [3.63, 3.8) is 0 Å². The third-order valence-electron chi connectivity index (χ3n) is 6.72. The number of aromatic hydroxyl groups is 1. The first-order valence-electron chi connectivity index (χ1n) is 11.5. The van der Waals surface area contributed by atoms with Gasteiger partial charge in [-0.1, -0.05) is 0 Å². The molecule has 8 nitrogen and oxygen atoms in total. The van der Waals surface area contributed by atoms with E-state index >= 15 is 0 Å². The van der Waals surface area contributed by atoms with Gasteiger partial charge in [0.25, 0.3) is 5.91 Å². The minimum atomic E-state index is -4.50. The number of urea groups is 1. The van der Waals surface area contributed by atoms with Crippen molar-refractivity contribution in [2.75, 3.05) is 26.7 Å². The average Bonchev–Trinajstić information content (AvgIpc) is 3.26. The van der Waals surface area contributed by atoms with Crippen molar-refractivity contribution < 1.29 is 32.6 Å². The van der Waals surface area contributed by atoms with Gasteiger partial charge in [-0.2, -0.15) is 13.2 Å². The lowest BCUT2D eigenvalue weighted by Gasteiger charge is -2.51. The minimum Gasteiger partial charge on any atom is -0.504 e. The van der Waals surface area contributed by atoms with E-state index in [2.05, 4.69) is 5.32 Å². The number of likely N-dealkylation sites (tertiary alicyclic amines) is 1. The van der Waals surface area contributed by atoms with Gasteiger partial charge in [0, 0.05) is 44.5 Å². The molecule has 1 spiro atoms. The van der Waals surface area contributed by atoms with Crippen LogP contribution in [-0.4, -0.2) is 64.2 Å². The summed E-state index contributed by atoms with van der Waals surface area (Å²) in [7, 11) is 1.49. The van der Waals surface area contributed by atoms with Crippen LogP contribution in [0.4, 0.5) is 18.0 Å². The van der Waals surface area contributed by atoms with E-state index in [1.165, 1.54) is 29.8 Å². The summed E-state index contributed by atoms with van der Waals surface area (Å²) in [6, 6.07) is 6.60. The van der Waals surface area contributed by atoms with Gasteiger partial charge in [-0.3, -0.25) is 4.79 Å². The number of carbonyl (C=O) groups is 2. The van der Waals surface area contributed by atoms with Gasteiger partial charge in [-0.15, -0.1) is 0 Å². The fourth-order valence-corrected chi connectivity index (χ4v) is 5.14. The molecule has 3 heterocycles. The minimum absolute atomic E-state index is 0.0407. The number of fused-ring (bicyclic) bond motifs is 2.